The molecule has 238 valence electrons. The molecule has 0 bridgehead atoms. The second kappa shape index (κ2) is 11.4. The smallest absolute Gasteiger partial charge is 0.331 e. The average molecular weight is 591 g/mol. The van der Waals surface area contributed by atoms with Gasteiger partial charge in [-0.3, -0.25) is 0 Å². The summed E-state index contributed by atoms with van der Waals surface area (Å²) in [6.45, 7) is 18.9. The lowest BCUT2D eigenvalue weighted by Crippen LogP contribution is -2.64. The lowest BCUT2D eigenvalue weighted by atomic mass is 9.35. The van der Waals surface area contributed by atoms with Crippen LogP contribution in [0.15, 0.2) is 42.0 Å². The zero-order chi connectivity index (χ0) is 31.4. The molecule has 0 aliphatic heterocycles. The number of hydrogen-bond acceptors (Lipinski definition) is 4. The fraction of sp³-hybridized carbons (Fsp3) is 0.718. The number of aromatic hydroxyl groups is 1. The lowest BCUT2D eigenvalue weighted by molar-refractivity contribution is -0.229. The van der Waals surface area contributed by atoms with Crippen LogP contribution in [0.2, 0.25) is 0 Å². The van der Waals surface area contributed by atoms with Crippen LogP contribution in [-0.2, 0) is 9.53 Å². The fourth-order valence-electron chi connectivity index (χ4n) is 11.4. The van der Waals surface area contributed by atoms with E-state index in [0.717, 1.165) is 37.7 Å². The first kappa shape index (κ1) is 32.3. The molecule has 0 spiro atoms. The number of phenolic OH excluding ortho intramolecular Hbond substituents is 1. The Morgan fingerprint density at radius 2 is 1.60 bits per heavy atom. The SMILES string of the molecule is CC(C)=CCC[C@](C)(O)[C@H]1CC[C@]2(C)C1CC[C@@H]1[C@@]3(C)CC[C@H](OC(=O)/C=C/c4ccc(O)cc4)C(C)(C)C3CC[C@]12C. The third-order valence-corrected chi connectivity index (χ3v) is 13.9. The molecule has 2 unspecified atom stereocenters. The first-order chi connectivity index (χ1) is 20.0. The van der Waals surface area contributed by atoms with Crippen LogP contribution < -0.4 is 0 Å². The van der Waals surface area contributed by atoms with Crippen molar-refractivity contribution in [3.63, 3.8) is 0 Å². The van der Waals surface area contributed by atoms with Crippen LogP contribution in [-0.4, -0.2) is 27.9 Å². The third kappa shape index (κ3) is 5.53. The molecule has 9 atom stereocenters. The molecular formula is C39H58O4. The minimum absolute atomic E-state index is 0.0920. The summed E-state index contributed by atoms with van der Waals surface area (Å²) in [5.74, 6) is 2.06. The van der Waals surface area contributed by atoms with Gasteiger partial charge in [0.25, 0.3) is 0 Å². The minimum Gasteiger partial charge on any atom is -0.508 e. The van der Waals surface area contributed by atoms with Crippen molar-refractivity contribution >= 4 is 12.0 Å². The molecule has 5 rings (SSSR count). The van der Waals surface area contributed by atoms with E-state index < -0.39 is 5.60 Å². The van der Waals surface area contributed by atoms with E-state index in [4.69, 9.17) is 4.74 Å². The molecule has 2 N–H and O–H groups in total. The maximum atomic E-state index is 13.0. The summed E-state index contributed by atoms with van der Waals surface area (Å²) >= 11 is 0. The van der Waals surface area contributed by atoms with E-state index >= 15 is 0 Å². The van der Waals surface area contributed by atoms with Gasteiger partial charge in [-0.05, 0) is 149 Å². The molecule has 1 aromatic carbocycles. The van der Waals surface area contributed by atoms with E-state index in [1.54, 1.807) is 30.3 Å². The number of benzene rings is 1. The van der Waals surface area contributed by atoms with Gasteiger partial charge in [-0.1, -0.05) is 58.4 Å². The molecule has 0 amide bonds. The highest BCUT2D eigenvalue weighted by Crippen LogP contribution is 2.76. The largest absolute Gasteiger partial charge is 0.508 e. The Morgan fingerprint density at radius 3 is 2.28 bits per heavy atom. The number of rotatable bonds is 7. The first-order valence-corrected chi connectivity index (χ1v) is 17.1. The van der Waals surface area contributed by atoms with Gasteiger partial charge in [0.05, 0.1) is 5.60 Å². The third-order valence-electron chi connectivity index (χ3n) is 13.9. The number of hydrogen-bond donors (Lipinski definition) is 2. The highest BCUT2D eigenvalue weighted by atomic mass is 16.5. The summed E-state index contributed by atoms with van der Waals surface area (Å²) in [5, 5.41) is 21.3. The number of carbonyl (C=O) groups is 1. The Bertz CT molecular complexity index is 1240. The van der Waals surface area contributed by atoms with Crippen molar-refractivity contribution in [2.75, 3.05) is 0 Å². The fourth-order valence-corrected chi connectivity index (χ4v) is 11.4. The van der Waals surface area contributed by atoms with Crippen molar-refractivity contribution in [3.8, 4) is 5.75 Å². The molecule has 0 heterocycles. The first-order valence-electron chi connectivity index (χ1n) is 17.1. The summed E-state index contributed by atoms with van der Waals surface area (Å²) in [5.41, 5.74) is 2.23. The number of allylic oxidation sites excluding steroid dienone is 2. The summed E-state index contributed by atoms with van der Waals surface area (Å²) in [7, 11) is 0. The minimum atomic E-state index is -0.612. The van der Waals surface area contributed by atoms with E-state index in [1.807, 2.05) is 0 Å². The van der Waals surface area contributed by atoms with Crippen molar-refractivity contribution in [1.82, 2.24) is 0 Å². The van der Waals surface area contributed by atoms with Crippen molar-refractivity contribution in [2.24, 2.45) is 45.3 Å². The Balaban J connectivity index is 1.31. The van der Waals surface area contributed by atoms with E-state index in [9.17, 15) is 15.0 Å². The summed E-state index contributed by atoms with van der Waals surface area (Å²) in [6.07, 6.45) is 16.6. The van der Waals surface area contributed by atoms with Gasteiger partial charge in [-0.25, -0.2) is 4.79 Å². The zero-order valence-electron chi connectivity index (χ0n) is 28.2. The number of phenols is 1. The lowest BCUT2D eigenvalue weighted by Gasteiger charge is -2.70. The molecule has 4 heteroatoms. The van der Waals surface area contributed by atoms with Crippen LogP contribution in [0.3, 0.4) is 0 Å². The molecule has 1 aromatic rings. The molecule has 4 aliphatic carbocycles. The van der Waals surface area contributed by atoms with Crippen molar-refractivity contribution < 1.29 is 19.7 Å². The van der Waals surface area contributed by atoms with Gasteiger partial charge in [-0.2, -0.15) is 0 Å². The van der Waals surface area contributed by atoms with Gasteiger partial charge in [0.2, 0.25) is 0 Å². The Kier molecular flexibility index (Phi) is 8.55. The summed E-state index contributed by atoms with van der Waals surface area (Å²) in [6, 6.07) is 6.84. The predicted octanol–water partition coefficient (Wildman–Crippen LogP) is 9.50. The van der Waals surface area contributed by atoms with Crippen molar-refractivity contribution in [2.45, 2.75) is 131 Å². The van der Waals surface area contributed by atoms with Gasteiger partial charge in [0.1, 0.15) is 11.9 Å². The standard InChI is InChI=1S/C39H58O4/c1-26(2)10-9-22-39(8,42)30-19-24-37(6)29(30)16-17-32-36(5)23-21-33(35(3,4)31(36)20-25-38(32,37)7)43-34(41)18-13-27-11-14-28(40)15-12-27/h10-15,18,29-33,40,42H,9,16-17,19-25H2,1-8H3/b18-13+/t29?,30-,31?,32+,33-,36-,37+,38+,39-/m0/s1. The van der Waals surface area contributed by atoms with Crippen molar-refractivity contribution in [3.05, 3.63) is 47.6 Å². The van der Waals surface area contributed by atoms with E-state index in [1.165, 1.54) is 43.8 Å². The highest BCUT2D eigenvalue weighted by Gasteiger charge is 2.69. The highest BCUT2D eigenvalue weighted by molar-refractivity contribution is 5.87. The van der Waals surface area contributed by atoms with E-state index in [-0.39, 0.29) is 39.5 Å². The molecule has 4 saturated carbocycles. The monoisotopic (exact) mass is 590 g/mol. The maximum Gasteiger partial charge on any atom is 0.331 e. The normalized spacial score (nSPS) is 39.7. The summed E-state index contributed by atoms with van der Waals surface area (Å²) in [4.78, 5) is 13.0. The number of carbonyl (C=O) groups excluding carboxylic acids is 1. The number of esters is 1. The topological polar surface area (TPSA) is 66.8 Å². The summed E-state index contributed by atoms with van der Waals surface area (Å²) < 4.78 is 6.19. The maximum absolute atomic E-state index is 13.0. The van der Waals surface area contributed by atoms with Crippen LogP contribution in [0.4, 0.5) is 0 Å². The number of aliphatic hydroxyl groups is 1. The molecule has 0 saturated heterocycles. The number of fused-ring (bicyclic) bond motifs is 5. The van der Waals surface area contributed by atoms with Gasteiger partial charge in [0.15, 0.2) is 0 Å². The van der Waals surface area contributed by atoms with Gasteiger partial charge >= 0.3 is 5.97 Å². The molecule has 4 nitrogen and oxygen atoms in total. The average Bonchev–Trinajstić information content (AvgIpc) is 3.29. The molecular weight excluding hydrogens is 532 g/mol. The van der Waals surface area contributed by atoms with Gasteiger partial charge < -0.3 is 14.9 Å². The second-order valence-electron chi connectivity index (χ2n) is 16.7. The van der Waals surface area contributed by atoms with Crippen LogP contribution in [0.1, 0.15) is 125 Å². The Hall–Kier alpha value is -2.07. The molecule has 43 heavy (non-hydrogen) atoms. The predicted molar refractivity (Wildman–Crippen MR) is 175 cm³/mol. The molecule has 4 fully saturated rings. The molecule has 0 radical (unpaired) electrons. The van der Waals surface area contributed by atoms with Crippen LogP contribution in [0.25, 0.3) is 6.08 Å². The van der Waals surface area contributed by atoms with Crippen LogP contribution in [0.5, 0.6) is 5.75 Å². The Morgan fingerprint density at radius 1 is 0.930 bits per heavy atom. The van der Waals surface area contributed by atoms with Crippen LogP contribution in [0, 0.1) is 45.3 Å². The molecule has 4 aliphatic rings. The van der Waals surface area contributed by atoms with Crippen LogP contribution >= 0.6 is 0 Å². The Labute approximate surface area is 261 Å². The van der Waals surface area contributed by atoms with E-state index in [0.29, 0.717) is 23.7 Å². The molecule has 0 aromatic heterocycles. The quantitative estimate of drug-likeness (QED) is 0.189. The van der Waals surface area contributed by atoms with Gasteiger partial charge in [0, 0.05) is 11.5 Å². The second-order valence-corrected chi connectivity index (χ2v) is 16.7. The van der Waals surface area contributed by atoms with Gasteiger partial charge in [-0.15, -0.1) is 0 Å². The number of ether oxygens (including phenoxy) is 1. The zero-order valence-corrected chi connectivity index (χ0v) is 28.2. The van der Waals surface area contributed by atoms with Crippen molar-refractivity contribution in [1.29, 1.82) is 0 Å². The van der Waals surface area contributed by atoms with E-state index in [2.05, 4.69) is 61.5 Å².